The third kappa shape index (κ3) is 3.08. The monoisotopic (exact) mass is 353 g/mol. The molecular weight excluding hydrogens is 338 g/mol. The van der Waals surface area contributed by atoms with Crippen LogP contribution in [0.4, 0.5) is 5.13 Å². The summed E-state index contributed by atoms with van der Waals surface area (Å²) in [6.45, 7) is 0.531. The average molecular weight is 353 g/mol. The number of carbonyl (C=O) groups is 2. The highest BCUT2D eigenvalue weighted by molar-refractivity contribution is 7.13. The highest BCUT2D eigenvalue weighted by Gasteiger charge is 2.35. The van der Waals surface area contributed by atoms with Crippen molar-refractivity contribution in [3.63, 3.8) is 0 Å². The normalized spacial score (nSPS) is 17.0. The van der Waals surface area contributed by atoms with Gasteiger partial charge in [0.15, 0.2) is 5.13 Å². The Morgan fingerprint density at radius 3 is 2.84 bits per heavy atom. The maximum Gasteiger partial charge on any atom is 0.274 e. The molecule has 126 valence electrons. The molecule has 1 aliphatic heterocycles. The summed E-state index contributed by atoms with van der Waals surface area (Å²) in [6.07, 6.45) is 4.51. The van der Waals surface area contributed by atoms with Gasteiger partial charge in [0.25, 0.3) is 5.91 Å². The molecule has 0 saturated carbocycles. The lowest BCUT2D eigenvalue weighted by Gasteiger charge is -2.23. The molecule has 3 aromatic rings. The van der Waals surface area contributed by atoms with E-state index in [9.17, 15) is 9.59 Å². The van der Waals surface area contributed by atoms with Gasteiger partial charge in [-0.2, -0.15) is 0 Å². The summed E-state index contributed by atoms with van der Waals surface area (Å²) >= 11 is 1.35. The van der Waals surface area contributed by atoms with Crippen molar-refractivity contribution in [1.29, 1.82) is 0 Å². The molecule has 1 aliphatic rings. The van der Waals surface area contributed by atoms with E-state index in [1.165, 1.54) is 17.5 Å². The standard InChI is InChI=1S/C17H15N5O2S/c23-15(21-17-18-7-9-25-17)14-6-3-8-22(14)16(24)13-10-19-11-4-1-2-5-12(11)20-13/h1-2,4-5,7,9-10,14H,3,6,8H2,(H,18,21,23). The molecule has 7 nitrogen and oxygen atoms in total. The van der Waals surface area contributed by atoms with E-state index in [0.717, 1.165) is 11.9 Å². The Hall–Kier alpha value is -2.87. The number of nitrogens with zero attached hydrogens (tertiary/aromatic N) is 4. The summed E-state index contributed by atoms with van der Waals surface area (Å²) in [4.78, 5) is 39.6. The van der Waals surface area contributed by atoms with Crippen molar-refractivity contribution in [2.24, 2.45) is 0 Å². The fourth-order valence-electron chi connectivity index (χ4n) is 2.96. The van der Waals surface area contributed by atoms with Gasteiger partial charge in [0.05, 0.1) is 17.2 Å². The molecule has 4 rings (SSSR count). The predicted molar refractivity (Wildman–Crippen MR) is 94.3 cm³/mol. The van der Waals surface area contributed by atoms with Crippen LogP contribution in [-0.2, 0) is 4.79 Å². The van der Waals surface area contributed by atoms with Gasteiger partial charge in [-0.05, 0) is 25.0 Å². The van der Waals surface area contributed by atoms with Crippen molar-refractivity contribution in [1.82, 2.24) is 19.9 Å². The third-order valence-electron chi connectivity index (χ3n) is 4.15. The second kappa shape index (κ2) is 6.56. The minimum absolute atomic E-state index is 0.213. The summed E-state index contributed by atoms with van der Waals surface area (Å²) < 4.78 is 0. The molecule has 0 spiro atoms. The van der Waals surface area contributed by atoms with E-state index >= 15 is 0 Å². The SMILES string of the molecule is O=C(Nc1nccs1)C1CCCN1C(=O)c1cnc2ccccc2n1. The van der Waals surface area contributed by atoms with Gasteiger partial charge in [0, 0.05) is 18.1 Å². The third-order valence-corrected chi connectivity index (χ3v) is 4.83. The summed E-state index contributed by atoms with van der Waals surface area (Å²) in [6, 6.07) is 6.88. The number of hydrogen-bond donors (Lipinski definition) is 1. The van der Waals surface area contributed by atoms with Gasteiger partial charge in [0.2, 0.25) is 5.91 Å². The van der Waals surface area contributed by atoms with E-state index in [2.05, 4.69) is 20.3 Å². The maximum absolute atomic E-state index is 12.8. The molecule has 2 aromatic heterocycles. The summed E-state index contributed by atoms with van der Waals surface area (Å²) in [5, 5.41) is 5.09. The zero-order valence-corrected chi connectivity index (χ0v) is 14.1. The molecule has 25 heavy (non-hydrogen) atoms. The van der Waals surface area contributed by atoms with Gasteiger partial charge in [-0.1, -0.05) is 12.1 Å². The van der Waals surface area contributed by atoms with Gasteiger partial charge in [0.1, 0.15) is 11.7 Å². The number of carbonyl (C=O) groups excluding carboxylic acids is 2. The van der Waals surface area contributed by atoms with Crippen molar-refractivity contribution >= 4 is 39.3 Å². The fraction of sp³-hybridized carbons (Fsp3) is 0.235. The van der Waals surface area contributed by atoms with Gasteiger partial charge in [-0.15, -0.1) is 11.3 Å². The molecule has 1 N–H and O–H groups in total. The molecule has 0 bridgehead atoms. The first kappa shape index (κ1) is 15.6. The lowest BCUT2D eigenvalue weighted by atomic mass is 10.2. The Labute approximate surface area is 147 Å². The van der Waals surface area contributed by atoms with Crippen LogP contribution in [-0.4, -0.2) is 44.3 Å². The van der Waals surface area contributed by atoms with Crippen LogP contribution in [0.15, 0.2) is 42.0 Å². The number of anilines is 1. The Morgan fingerprint density at radius 2 is 2.04 bits per heavy atom. The number of hydrogen-bond acceptors (Lipinski definition) is 6. The first-order chi connectivity index (χ1) is 12.2. The topological polar surface area (TPSA) is 88.1 Å². The van der Waals surface area contributed by atoms with Crippen molar-refractivity contribution in [3.8, 4) is 0 Å². The Morgan fingerprint density at radius 1 is 1.20 bits per heavy atom. The maximum atomic E-state index is 12.8. The summed E-state index contributed by atoms with van der Waals surface area (Å²) in [5.41, 5.74) is 1.66. The molecule has 0 aliphatic carbocycles. The van der Waals surface area contributed by atoms with Crippen molar-refractivity contribution in [3.05, 3.63) is 47.7 Å². The summed E-state index contributed by atoms with van der Waals surface area (Å²) in [5.74, 6) is -0.482. The largest absolute Gasteiger partial charge is 0.325 e. The first-order valence-corrected chi connectivity index (χ1v) is 8.83. The van der Waals surface area contributed by atoms with Crippen LogP contribution in [0, 0.1) is 0 Å². The van der Waals surface area contributed by atoms with Crippen LogP contribution in [0.5, 0.6) is 0 Å². The number of thiazole rings is 1. The molecule has 0 radical (unpaired) electrons. The highest BCUT2D eigenvalue weighted by Crippen LogP contribution is 2.22. The number of benzene rings is 1. The second-order valence-corrected chi connectivity index (χ2v) is 6.62. The van der Waals surface area contributed by atoms with Gasteiger partial charge in [-0.25, -0.2) is 9.97 Å². The number of likely N-dealkylation sites (tertiary alicyclic amines) is 1. The van der Waals surface area contributed by atoms with E-state index in [-0.39, 0.29) is 17.5 Å². The second-order valence-electron chi connectivity index (χ2n) is 5.73. The van der Waals surface area contributed by atoms with Crippen molar-refractivity contribution < 1.29 is 9.59 Å². The van der Waals surface area contributed by atoms with Crippen LogP contribution >= 0.6 is 11.3 Å². The van der Waals surface area contributed by atoms with Gasteiger partial charge in [-0.3, -0.25) is 14.6 Å². The zero-order chi connectivity index (χ0) is 17.2. The van der Waals surface area contributed by atoms with E-state index in [0.29, 0.717) is 23.6 Å². The van der Waals surface area contributed by atoms with Gasteiger partial charge < -0.3 is 10.2 Å². The Balaban J connectivity index is 1.56. The number of amides is 2. The zero-order valence-electron chi connectivity index (χ0n) is 13.3. The number of rotatable bonds is 3. The lowest BCUT2D eigenvalue weighted by molar-refractivity contribution is -0.119. The van der Waals surface area contributed by atoms with Crippen LogP contribution < -0.4 is 5.32 Å². The molecule has 1 fully saturated rings. The minimum Gasteiger partial charge on any atom is -0.325 e. The van der Waals surface area contributed by atoms with E-state index in [1.807, 2.05) is 24.3 Å². The van der Waals surface area contributed by atoms with E-state index < -0.39 is 6.04 Å². The van der Waals surface area contributed by atoms with Crippen LogP contribution in [0.3, 0.4) is 0 Å². The van der Waals surface area contributed by atoms with Crippen LogP contribution in [0.1, 0.15) is 23.3 Å². The van der Waals surface area contributed by atoms with Crippen LogP contribution in [0.2, 0.25) is 0 Å². The van der Waals surface area contributed by atoms with Crippen molar-refractivity contribution in [2.45, 2.75) is 18.9 Å². The lowest BCUT2D eigenvalue weighted by Crippen LogP contribution is -2.43. The molecule has 3 heterocycles. The summed E-state index contributed by atoms with van der Waals surface area (Å²) in [7, 11) is 0. The first-order valence-electron chi connectivity index (χ1n) is 7.95. The predicted octanol–water partition coefficient (Wildman–Crippen LogP) is 2.33. The molecule has 2 amide bonds. The smallest absolute Gasteiger partial charge is 0.274 e. The van der Waals surface area contributed by atoms with Gasteiger partial charge >= 0.3 is 0 Å². The Bertz CT molecular complexity index is 928. The van der Waals surface area contributed by atoms with Crippen LogP contribution in [0.25, 0.3) is 11.0 Å². The Kier molecular flexibility index (Phi) is 4.10. The fourth-order valence-corrected chi connectivity index (χ4v) is 3.50. The minimum atomic E-state index is -0.510. The number of para-hydroxylation sites is 2. The van der Waals surface area contributed by atoms with E-state index in [1.54, 1.807) is 16.5 Å². The quantitative estimate of drug-likeness (QED) is 0.781. The molecule has 1 unspecified atom stereocenters. The number of aromatic nitrogens is 3. The molecule has 1 aromatic carbocycles. The molecule has 1 atom stereocenters. The molecule has 1 saturated heterocycles. The average Bonchev–Trinajstić information content (AvgIpc) is 3.32. The molecule has 8 heteroatoms. The number of nitrogens with one attached hydrogen (secondary N) is 1. The van der Waals surface area contributed by atoms with E-state index in [4.69, 9.17) is 0 Å². The van der Waals surface area contributed by atoms with Crippen molar-refractivity contribution in [2.75, 3.05) is 11.9 Å². The number of fused-ring (bicyclic) bond motifs is 1. The molecular formula is C17H15N5O2S. The highest BCUT2D eigenvalue weighted by atomic mass is 32.1.